The summed E-state index contributed by atoms with van der Waals surface area (Å²) in [4.78, 5) is 6.48. The van der Waals surface area contributed by atoms with Crippen LogP contribution in [-0.4, -0.2) is 81.3 Å². The number of rotatable bonds is 6. The van der Waals surface area contributed by atoms with Gasteiger partial charge in [0.05, 0.1) is 18.5 Å². The van der Waals surface area contributed by atoms with Gasteiger partial charge < -0.3 is 15.0 Å². The number of ether oxygens (including phenoxy) is 1. The summed E-state index contributed by atoms with van der Waals surface area (Å²) >= 11 is 0. The van der Waals surface area contributed by atoms with Crippen LogP contribution in [0.15, 0.2) is 4.99 Å². The standard InChI is InChI=1S/C15H30N4O3S/c1-13(2)22-11-12-23(20,21)19-9-7-18(8-10-19)15(16-3)17-14-5-4-6-14/h13-14H,4-12H2,1-3H3,(H,16,17). The first-order valence-electron chi connectivity index (χ1n) is 8.50. The fourth-order valence-corrected chi connectivity index (χ4v) is 4.01. The molecule has 7 nitrogen and oxygen atoms in total. The van der Waals surface area contributed by atoms with Crippen LogP contribution in [0.4, 0.5) is 0 Å². The fourth-order valence-electron chi connectivity index (χ4n) is 2.73. The number of hydrogen-bond donors (Lipinski definition) is 1. The van der Waals surface area contributed by atoms with Crippen molar-refractivity contribution in [2.45, 2.75) is 45.3 Å². The Kier molecular flexibility index (Phi) is 6.67. The van der Waals surface area contributed by atoms with Crippen molar-refractivity contribution >= 4 is 16.0 Å². The summed E-state index contributed by atoms with van der Waals surface area (Å²) in [6.45, 7) is 6.45. The molecular formula is C15H30N4O3S. The van der Waals surface area contributed by atoms with Gasteiger partial charge in [-0.25, -0.2) is 8.42 Å². The van der Waals surface area contributed by atoms with Gasteiger partial charge >= 0.3 is 0 Å². The molecular weight excluding hydrogens is 316 g/mol. The Morgan fingerprint density at radius 2 is 1.91 bits per heavy atom. The van der Waals surface area contributed by atoms with Gasteiger partial charge in [-0.15, -0.1) is 0 Å². The molecule has 1 aliphatic heterocycles. The van der Waals surface area contributed by atoms with E-state index in [1.165, 1.54) is 19.3 Å². The highest BCUT2D eigenvalue weighted by molar-refractivity contribution is 7.89. The van der Waals surface area contributed by atoms with E-state index < -0.39 is 10.0 Å². The second-order valence-corrected chi connectivity index (χ2v) is 8.53. The third kappa shape index (κ3) is 5.32. The smallest absolute Gasteiger partial charge is 0.216 e. The van der Waals surface area contributed by atoms with E-state index in [0.717, 1.165) is 5.96 Å². The molecule has 0 aromatic rings. The SMILES string of the molecule is CN=C(NC1CCC1)N1CCN(S(=O)(=O)CCOC(C)C)CC1. The van der Waals surface area contributed by atoms with Crippen LogP contribution in [0, 0.1) is 0 Å². The molecule has 1 aliphatic carbocycles. The van der Waals surface area contributed by atoms with E-state index in [4.69, 9.17) is 4.74 Å². The van der Waals surface area contributed by atoms with Gasteiger partial charge in [-0.3, -0.25) is 4.99 Å². The molecule has 23 heavy (non-hydrogen) atoms. The molecule has 0 radical (unpaired) electrons. The van der Waals surface area contributed by atoms with Crippen LogP contribution in [-0.2, 0) is 14.8 Å². The average Bonchev–Trinajstić information content (AvgIpc) is 2.46. The van der Waals surface area contributed by atoms with Crippen molar-refractivity contribution in [3.63, 3.8) is 0 Å². The van der Waals surface area contributed by atoms with Crippen LogP contribution in [0.2, 0.25) is 0 Å². The Balaban J connectivity index is 1.80. The summed E-state index contributed by atoms with van der Waals surface area (Å²) in [5, 5.41) is 3.46. The highest BCUT2D eigenvalue weighted by atomic mass is 32.2. The molecule has 0 amide bonds. The number of nitrogens with one attached hydrogen (secondary N) is 1. The Morgan fingerprint density at radius 1 is 1.26 bits per heavy atom. The molecule has 2 fully saturated rings. The lowest BCUT2D eigenvalue weighted by atomic mass is 9.93. The number of guanidine groups is 1. The number of hydrogen-bond acceptors (Lipinski definition) is 4. The monoisotopic (exact) mass is 346 g/mol. The molecule has 0 atom stereocenters. The Bertz CT molecular complexity index is 495. The van der Waals surface area contributed by atoms with Crippen LogP contribution >= 0.6 is 0 Å². The maximum atomic E-state index is 12.3. The van der Waals surface area contributed by atoms with Crippen LogP contribution in [0.5, 0.6) is 0 Å². The Labute approximate surface area is 140 Å². The summed E-state index contributed by atoms with van der Waals surface area (Å²) in [7, 11) is -1.44. The van der Waals surface area contributed by atoms with Gasteiger partial charge in [0.1, 0.15) is 0 Å². The Morgan fingerprint density at radius 3 is 2.39 bits per heavy atom. The minimum absolute atomic E-state index is 0.0558. The second-order valence-electron chi connectivity index (χ2n) is 6.44. The molecule has 1 N–H and O–H groups in total. The summed E-state index contributed by atoms with van der Waals surface area (Å²) in [6.07, 6.45) is 3.73. The molecule has 0 unspecified atom stereocenters. The fraction of sp³-hybridized carbons (Fsp3) is 0.933. The third-order valence-corrected chi connectivity index (χ3v) is 6.21. The minimum Gasteiger partial charge on any atom is -0.378 e. The topological polar surface area (TPSA) is 74.2 Å². The van der Waals surface area contributed by atoms with Crippen molar-refractivity contribution in [2.24, 2.45) is 4.99 Å². The van der Waals surface area contributed by atoms with Crippen molar-refractivity contribution in [2.75, 3.05) is 45.6 Å². The van der Waals surface area contributed by atoms with Crippen molar-refractivity contribution in [1.82, 2.24) is 14.5 Å². The number of aliphatic imine (C=N–C) groups is 1. The zero-order valence-corrected chi connectivity index (χ0v) is 15.3. The minimum atomic E-state index is -3.23. The van der Waals surface area contributed by atoms with Crippen molar-refractivity contribution in [3.05, 3.63) is 0 Å². The molecule has 0 bridgehead atoms. The summed E-state index contributed by atoms with van der Waals surface area (Å²) in [6, 6.07) is 0.531. The predicted molar refractivity (Wildman–Crippen MR) is 92.2 cm³/mol. The number of piperazine rings is 1. The average molecular weight is 346 g/mol. The van der Waals surface area contributed by atoms with Gasteiger partial charge in [-0.05, 0) is 33.1 Å². The third-order valence-electron chi connectivity index (χ3n) is 4.37. The first kappa shape index (κ1) is 18.5. The molecule has 2 rings (SSSR count). The lowest BCUT2D eigenvalue weighted by Gasteiger charge is -2.38. The van der Waals surface area contributed by atoms with E-state index in [2.05, 4.69) is 15.2 Å². The first-order valence-corrected chi connectivity index (χ1v) is 10.1. The zero-order chi connectivity index (χ0) is 16.9. The lowest BCUT2D eigenvalue weighted by Crippen LogP contribution is -2.56. The van der Waals surface area contributed by atoms with Gasteiger partial charge in [-0.2, -0.15) is 4.31 Å². The first-order chi connectivity index (χ1) is 10.9. The van der Waals surface area contributed by atoms with E-state index in [-0.39, 0.29) is 18.5 Å². The molecule has 8 heteroatoms. The second kappa shape index (κ2) is 8.30. The van der Waals surface area contributed by atoms with Gasteiger partial charge in [0.2, 0.25) is 10.0 Å². The molecule has 2 aliphatic rings. The largest absolute Gasteiger partial charge is 0.378 e. The van der Waals surface area contributed by atoms with Gasteiger partial charge in [0.25, 0.3) is 0 Å². The zero-order valence-electron chi connectivity index (χ0n) is 14.5. The molecule has 0 aromatic carbocycles. The highest BCUT2D eigenvalue weighted by Gasteiger charge is 2.29. The molecule has 134 valence electrons. The van der Waals surface area contributed by atoms with Gasteiger partial charge in [0, 0.05) is 39.3 Å². The van der Waals surface area contributed by atoms with E-state index in [0.29, 0.717) is 32.2 Å². The Hall–Kier alpha value is -0.860. The molecule has 0 aromatic heterocycles. The highest BCUT2D eigenvalue weighted by Crippen LogP contribution is 2.18. The maximum absolute atomic E-state index is 12.3. The number of sulfonamides is 1. The quantitative estimate of drug-likeness (QED) is 0.560. The maximum Gasteiger partial charge on any atom is 0.216 e. The number of nitrogens with zero attached hydrogens (tertiary/aromatic N) is 3. The molecule has 1 saturated carbocycles. The van der Waals surface area contributed by atoms with E-state index in [1.54, 1.807) is 11.4 Å². The van der Waals surface area contributed by atoms with Crippen LogP contribution < -0.4 is 5.32 Å². The van der Waals surface area contributed by atoms with Crippen molar-refractivity contribution in [3.8, 4) is 0 Å². The lowest BCUT2D eigenvalue weighted by molar-refractivity contribution is 0.0904. The van der Waals surface area contributed by atoms with E-state index in [1.807, 2.05) is 13.8 Å². The molecule has 0 spiro atoms. The summed E-state index contributed by atoms with van der Waals surface area (Å²) in [5.74, 6) is 0.954. The van der Waals surface area contributed by atoms with Gasteiger partial charge in [-0.1, -0.05) is 0 Å². The van der Waals surface area contributed by atoms with E-state index in [9.17, 15) is 8.42 Å². The normalized spacial score (nSPS) is 21.6. The molecule has 1 saturated heterocycles. The summed E-state index contributed by atoms with van der Waals surface area (Å²) < 4.78 is 31.6. The van der Waals surface area contributed by atoms with Crippen LogP contribution in [0.25, 0.3) is 0 Å². The molecule has 1 heterocycles. The van der Waals surface area contributed by atoms with Crippen LogP contribution in [0.3, 0.4) is 0 Å². The van der Waals surface area contributed by atoms with Gasteiger partial charge in [0.15, 0.2) is 5.96 Å². The predicted octanol–water partition coefficient (Wildman–Crippen LogP) is 0.487. The van der Waals surface area contributed by atoms with Crippen molar-refractivity contribution < 1.29 is 13.2 Å². The van der Waals surface area contributed by atoms with Crippen molar-refractivity contribution in [1.29, 1.82) is 0 Å². The van der Waals surface area contributed by atoms with E-state index >= 15 is 0 Å². The van der Waals surface area contributed by atoms with Crippen LogP contribution in [0.1, 0.15) is 33.1 Å². The summed E-state index contributed by atoms with van der Waals surface area (Å²) in [5.41, 5.74) is 0.